The molecule has 0 bridgehead atoms. The van der Waals surface area contributed by atoms with E-state index in [1.165, 1.54) is 0 Å². The Hall–Kier alpha value is -1.47. The minimum atomic E-state index is -0.697. The first-order valence-corrected chi connectivity index (χ1v) is 7.26. The van der Waals surface area contributed by atoms with Crippen LogP contribution in [0.1, 0.15) is 24.2 Å². The Balaban J connectivity index is 1.62. The summed E-state index contributed by atoms with van der Waals surface area (Å²) in [5.74, 6) is -1.09. The summed E-state index contributed by atoms with van der Waals surface area (Å²) in [5, 5.41) is 0. The third kappa shape index (κ3) is 3.01. The fourth-order valence-electron chi connectivity index (χ4n) is 2.78. The fourth-order valence-corrected chi connectivity index (χ4v) is 2.78. The van der Waals surface area contributed by atoms with Crippen molar-refractivity contribution in [2.24, 2.45) is 0 Å². The number of ether oxygens (including phenoxy) is 5. The number of rotatable bonds is 4. The van der Waals surface area contributed by atoms with Gasteiger partial charge in [0, 0.05) is 7.11 Å². The van der Waals surface area contributed by atoms with E-state index in [1.807, 2.05) is 19.9 Å². The maximum Gasteiger partial charge on any atom is 0.338 e. The molecular formula is C16H20O6. The number of benzene rings is 1. The molecule has 3 rings (SSSR count). The number of hydrogen-bond donors (Lipinski definition) is 0. The number of esters is 1. The molecular weight excluding hydrogens is 288 g/mol. The minimum absolute atomic E-state index is 0.0915. The van der Waals surface area contributed by atoms with E-state index >= 15 is 0 Å². The van der Waals surface area contributed by atoms with Crippen LogP contribution in [0.2, 0.25) is 0 Å². The average molecular weight is 308 g/mol. The van der Waals surface area contributed by atoms with Crippen molar-refractivity contribution < 1.29 is 28.5 Å². The number of carbonyl (C=O) groups excluding carboxylic acids is 1. The lowest BCUT2D eigenvalue weighted by Gasteiger charge is -2.23. The summed E-state index contributed by atoms with van der Waals surface area (Å²) in [6.45, 7) is 3.77. The molecule has 0 unspecified atom stereocenters. The largest absolute Gasteiger partial charge is 0.459 e. The van der Waals surface area contributed by atoms with Crippen LogP contribution in [0, 0.1) is 0 Å². The van der Waals surface area contributed by atoms with Crippen molar-refractivity contribution in [3.63, 3.8) is 0 Å². The van der Waals surface area contributed by atoms with Gasteiger partial charge < -0.3 is 23.7 Å². The van der Waals surface area contributed by atoms with Crippen LogP contribution >= 0.6 is 0 Å². The first-order valence-electron chi connectivity index (χ1n) is 7.26. The maximum absolute atomic E-state index is 12.0. The monoisotopic (exact) mass is 308 g/mol. The highest BCUT2D eigenvalue weighted by Gasteiger charge is 2.55. The molecule has 2 fully saturated rings. The van der Waals surface area contributed by atoms with Crippen LogP contribution in [-0.4, -0.2) is 50.1 Å². The van der Waals surface area contributed by atoms with Crippen LogP contribution in [0.15, 0.2) is 30.3 Å². The molecule has 0 saturated carbocycles. The van der Waals surface area contributed by atoms with Gasteiger partial charge in [-0.15, -0.1) is 0 Å². The van der Waals surface area contributed by atoms with Gasteiger partial charge in [0.05, 0.1) is 5.56 Å². The Kier molecular flexibility index (Phi) is 4.18. The first-order chi connectivity index (χ1) is 10.5. The van der Waals surface area contributed by atoms with E-state index in [9.17, 15) is 4.79 Å². The van der Waals surface area contributed by atoms with Gasteiger partial charge in [-0.1, -0.05) is 18.2 Å². The zero-order chi connectivity index (χ0) is 15.7. The minimum Gasteiger partial charge on any atom is -0.459 e. The van der Waals surface area contributed by atoms with Crippen molar-refractivity contribution in [1.82, 2.24) is 0 Å². The van der Waals surface area contributed by atoms with Crippen molar-refractivity contribution in [3.8, 4) is 0 Å². The van der Waals surface area contributed by atoms with Gasteiger partial charge in [0.25, 0.3) is 0 Å². The van der Waals surface area contributed by atoms with Crippen LogP contribution in [0.4, 0.5) is 0 Å². The number of fused-ring (bicyclic) bond motifs is 1. The SMILES string of the molecule is CO[C@@H]1O[C@H](COC(=O)c2ccccc2)[C@H]2OC(C)(C)O[C@@H]12. The smallest absolute Gasteiger partial charge is 0.338 e. The van der Waals surface area contributed by atoms with Gasteiger partial charge in [-0.05, 0) is 26.0 Å². The van der Waals surface area contributed by atoms with Crippen molar-refractivity contribution in [2.45, 2.75) is 44.2 Å². The molecule has 6 nitrogen and oxygen atoms in total. The highest BCUT2D eigenvalue weighted by Crippen LogP contribution is 2.38. The Bertz CT molecular complexity index is 529. The molecule has 2 aliphatic rings. The Morgan fingerprint density at radius 1 is 1.18 bits per heavy atom. The van der Waals surface area contributed by atoms with Gasteiger partial charge in [-0.25, -0.2) is 4.79 Å². The normalized spacial score (nSPS) is 32.7. The molecule has 0 N–H and O–H groups in total. The summed E-state index contributed by atoms with van der Waals surface area (Å²) in [6, 6.07) is 8.83. The van der Waals surface area contributed by atoms with Gasteiger partial charge in [-0.3, -0.25) is 0 Å². The van der Waals surface area contributed by atoms with Gasteiger partial charge >= 0.3 is 5.97 Å². The average Bonchev–Trinajstić information content (AvgIpc) is 2.99. The maximum atomic E-state index is 12.0. The van der Waals surface area contributed by atoms with Gasteiger partial charge in [0.1, 0.15) is 24.9 Å². The molecule has 2 saturated heterocycles. The van der Waals surface area contributed by atoms with E-state index in [0.717, 1.165) is 0 Å². The molecule has 1 aromatic rings. The second kappa shape index (κ2) is 5.96. The Labute approximate surface area is 129 Å². The Morgan fingerprint density at radius 3 is 2.55 bits per heavy atom. The molecule has 4 atom stereocenters. The molecule has 1 aromatic carbocycles. The zero-order valence-corrected chi connectivity index (χ0v) is 12.9. The van der Waals surface area contributed by atoms with E-state index in [0.29, 0.717) is 5.56 Å². The molecule has 0 aliphatic carbocycles. The molecule has 0 spiro atoms. The summed E-state index contributed by atoms with van der Waals surface area (Å²) in [5.41, 5.74) is 0.504. The number of carbonyl (C=O) groups is 1. The van der Waals surface area contributed by atoms with Crippen molar-refractivity contribution in [2.75, 3.05) is 13.7 Å². The number of methoxy groups -OCH3 is 1. The van der Waals surface area contributed by atoms with Crippen molar-refractivity contribution in [1.29, 1.82) is 0 Å². The van der Waals surface area contributed by atoms with Crippen LogP contribution in [0.25, 0.3) is 0 Å². The highest BCUT2D eigenvalue weighted by atomic mass is 16.8. The van der Waals surface area contributed by atoms with E-state index in [4.69, 9.17) is 23.7 Å². The zero-order valence-electron chi connectivity index (χ0n) is 12.9. The predicted octanol–water partition coefficient (Wildman–Crippen LogP) is 1.73. The molecule has 0 radical (unpaired) electrons. The van der Waals surface area contributed by atoms with E-state index < -0.39 is 18.2 Å². The first kappa shape index (κ1) is 15.4. The third-order valence-corrected chi connectivity index (χ3v) is 3.73. The van der Waals surface area contributed by atoms with Gasteiger partial charge in [0.2, 0.25) is 0 Å². The van der Waals surface area contributed by atoms with Crippen molar-refractivity contribution >= 4 is 5.97 Å². The van der Waals surface area contributed by atoms with Gasteiger partial charge in [-0.2, -0.15) is 0 Å². The van der Waals surface area contributed by atoms with Crippen LogP contribution in [0.5, 0.6) is 0 Å². The topological polar surface area (TPSA) is 63.2 Å². The highest BCUT2D eigenvalue weighted by molar-refractivity contribution is 5.89. The quantitative estimate of drug-likeness (QED) is 0.790. The predicted molar refractivity (Wildman–Crippen MR) is 76.2 cm³/mol. The summed E-state index contributed by atoms with van der Waals surface area (Å²) in [7, 11) is 1.55. The second-order valence-corrected chi connectivity index (χ2v) is 5.81. The van der Waals surface area contributed by atoms with Crippen molar-refractivity contribution in [3.05, 3.63) is 35.9 Å². The van der Waals surface area contributed by atoms with Crippen LogP contribution in [-0.2, 0) is 23.7 Å². The van der Waals surface area contributed by atoms with E-state index in [2.05, 4.69) is 0 Å². The molecule has 22 heavy (non-hydrogen) atoms. The molecule has 0 aromatic heterocycles. The molecule has 2 aliphatic heterocycles. The van der Waals surface area contributed by atoms with Crippen LogP contribution < -0.4 is 0 Å². The molecule has 2 heterocycles. The standard InChI is InChI=1S/C16H20O6/c1-16(2)21-12-11(20-15(18-3)13(12)22-16)9-19-14(17)10-7-5-4-6-8-10/h4-8,11-13,15H,9H2,1-3H3/t11-,12-,13-,15-/m1/s1. The lowest BCUT2D eigenvalue weighted by atomic mass is 10.1. The summed E-state index contributed by atoms with van der Waals surface area (Å²) in [6.07, 6.45) is -1.57. The summed E-state index contributed by atoms with van der Waals surface area (Å²) >= 11 is 0. The van der Waals surface area contributed by atoms with E-state index in [-0.39, 0.29) is 24.8 Å². The van der Waals surface area contributed by atoms with E-state index in [1.54, 1.807) is 31.4 Å². The second-order valence-electron chi connectivity index (χ2n) is 5.81. The summed E-state index contributed by atoms with van der Waals surface area (Å²) in [4.78, 5) is 12.0. The van der Waals surface area contributed by atoms with Crippen LogP contribution in [0.3, 0.4) is 0 Å². The molecule has 6 heteroatoms. The Morgan fingerprint density at radius 2 is 1.86 bits per heavy atom. The lowest BCUT2D eigenvalue weighted by Crippen LogP contribution is -2.33. The molecule has 0 amide bonds. The number of hydrogen-bond acceptors (Lipinski definition) is 6. The molecule has 120 valence electrons. The summed E-state index contributed by atoms with van der Waals surface area (Å²) < 4.78 is 27.9. The third-order valence-electron chi connectivity index (χ3n) is 3.73. The van der Waals surface area contributed by atoms with Gasteiger partial charge in [0.15, 0.2) is 12.1 Å². The fraction of sp³-hybridized carbons (Fsp3) is 0.562. The lowest BCUT2D eigenvalue weighted by molar-refractivity contribution is -0.230.